The molecule has 1 aliphatic heterocycles. The Kier molecular flexibility index (Phi) is 6.80. The van der Waals surface area contributed by atoms with E-state index >= 15 is 0 Å². The first-order chi connectivity index (χ1) is 13.2. The standard InChI is InChI=1S/C20H26N4O3.ClH/c1-26-15-7-6-13(18(10-15)27-14-4-2-3-5-14)11-22-20(25)19-16-12-21-9-8-17(16)23-24-19;/h6-7,10,14,21H,2-5,8-9,11-12H2,1H3,(H,22,25)(H,23,24);1H. The number of amides is 1. The van der Waals surface area contributed by atoms with Crippen LogP contribution in [0.4, 0.5) is 0 Å². The minimum absolute atomic E-state index is 0. The molecule has 0 atom stereocenters. The molecule has 7 nitrogen and oxygen atoms in total. The van der Waals surface area contributed by atoms with Gasteiger partial charge in [0, 0.05) is 48.9 Å². The Hall–Kier alpha value is -2.25. The van der Waals surface area contributed by atoms with E-state index in [0.29, 0.717) is 18.8 Å². The molecule has 1 fully saturated rings. The predicted molar refractivity (Wildman–Crippen MR) is 108 cm³/mol. The van der Waals surface area contributed by atoms with E-state index < -0.39 is 0 Å². The minimum Gasteiger partial charge on any atom is -0.497 e. The second-order valence-electron chi connectivity index (χ2n) is 7.14. The lowest BCUT2D eigenvalue weighted by Crippen LogP contribution is -2.28. The molecule has 0 spiro atoms. The Morgan fingerprint density at radius 1 is 1.32 bits per heavy atom. The number of hydrogen-bond acceptors (Lipinski definition) is 5. The molecule has 8 heteroatoms. The maximum absolute atomic E-state index is 12.6. The van der Waals surface area contributed by atoms with Crippen LogP contribution in [0.2, 0.25) is 0 Å². The molecule has 152 valence electrons. The van der Waals surface area contributed by atoms with E-state index in [1.165, 1.54) is 12.8 Å². The molecule has 1 aromatic heterocycles. The molecule has 3 N–H and O–H groups in total. The normalized spacial score (nSPS) is 16.2. The molecule has 4 rings (SSSR count). The summed E-state index contributed by atoms with van der Waals surface area (Å²) < 4.78 is 11.5. The summed E-state index contributed by atoms with van der Waals surface area (Å²) in [7, 11) is 1.64. The van der Waals surface area contributed by atoms with Crippen LogP contribution < -0.4 is 20.1 Å². The highest BCUT2D eigenvalue weighted by Crippen LogP contribution is 2.30. The molecule has 0 radical (unpaired) electrons. The first-order valence-electron chi connectivity index (χ1n) is 9.63. The molecular formula is C20H27ClN4O3. The second kappa shape index (κ2) is 9.30. The van der Waals surface area contributed by atoms with Gasteiger partial charge in [-0.05, 0) is 37.8 Å². The first-order valence-corrected chi connectivity index (χ1v) is 9.63. The highest BCUT2D eigenvalue weighted by molar-refractivity contribution is 5.94. The fourth-order valence-corrected chi connectivity index (χ4v) is 3.78. The zero-order valence-electron chi connectivity index (χ0n) is 16.0. The Morgan fingerprint density at radius 3 is 2.93 bits per heavy atom. The minimum atomic E-state index is -0.168. The van der Waals surface area contributed by atoms with Gasteiger partial charge in [-0.3, -0.25) is 9.89 Å². The molecule has 1 aromatic carbocycles. The van der Waals surface area contributed by atoms with Crippen LogP contribution in [-0.2, 0) is 19.5 Å². The lowest BCUT2D eigenvalue weighted by Gasteiger charge is -2.18. The molecule has 2 heterocycles. The summed E-state index contributed by atoms with van der Waals surface area (Å²) in [5.41, 5.74) is 3.44. The molecular weight excluding hydrogens is 380 g/mol. The third-order valence-corrected chi connectivity index (χ3v) is 5.33. The van der Waals surface area contributed by atoms with Gasteiger partial charge in [0.25, 0.3) is 5.91 Å². The Morgan fingerprint density at radius 2 is 2.14 bits per heavy atom. The summed E-state index contributed by atoms with van der Waals surface area (Å²) >= 11 is 0. The number of carbonyl (C=O) groups is 1. The quantitative estimate of drug-likeness (QED) is 0.686. The van der Waals surface area contributed by atoms with Crippen molar-refractivity contribution in [3.05, 3.63) is 40.7 Å². The molecule has 28 heavy (non-hydrogen) atoms. The predicted octanol–water partition coefficient (Wildman–Crippen LogP) is 2.74. The molecule has 2 aliphatic rings. The van der Waals surface area contributed by atoms with Crippen LogP contribution in [0.25, 0.3) is 0 Å². The van der Waals surface area contributed by atoms with Gasteiger partial charge in [-0.1, -0.05) is 0 Å². The number of benzene rings is 1. The third-order valence-electron chi connectivity index (χ3n) is 5.33. The monoisotopic (exact) mass is 406 g/mol. The summed E-state index contributed by atoms with van der Waals surface area (Å²) in [6.07, 6.45) is 5.69. The molecule has 2 aromatic rings. The third kappa shape index (κ3) is 4.42. The number of hydrogen-bond donors (Lipinski definition) is 3. The lowest BCUT2D eigenvalue weighted by atomic mass is 10.1. The van der Waals surface area contributed by atoms with Gasteiger partial charge in [-0.2, -0.15) is 5.10 Å². The van der Waals surface area contributed by atoms with Crippen molar-refractivity contribution in [2.24, 2.45) is 0 Å². The fourth-order valence-electron chi connectivity index (χ4n) is 3.78. The van der Waals surface area contributed by atoms with Crippen molar-refractivity contribution in [3.8, 4) is 11.5 Å². The van der Waals surface area contributed by atoms with Gasteiger partial charge in [0.2, 0.25) is 0 Å². The van der Waals surface area contributed by atoms with Crippen LogP contribution in [0.1, 0.15) is 53.0 Å². The average molecular weight is 407 g/mol. The van der Waals surface area contributed by atoms with Crippen molar-refractivity contribution in [1.29, 1.82) is 0 Å². The number of methoxy groups -OCH3 is 1. The zero-order chi connectivity index (χ0) is 18.6. The van der Waals surface area contributed by atoms with Crippen molar-refractivity contribution in [1.82, 2.24) is 20.8 Å². The smallest absolute Gasteiger partial charge is 0.272 e. The summed E-state index contributed by atoms with van der Waals surface area (Å²) in [6.45, 7) is 1.97. The first kappa shape index (κ1) is 20.5. The van der Waals surface area contributed by atoms with E-state index in [0.717, 1.165) is 54.1 Å². The van der Waals surface area contributed by atoms with Gasteiger partial charge >= 0.3 is 0 Å². The van der Waals surface area contributed by atoms with Gasteiger partial charge in [0.05, 0.1) is 13.2 Å². The van der Waals surface area contributed by atoms with Crippen LogP contribution in [0.15, 0.2) is 18.2 Å². The number of nitrogens with zero attached hydrogens (tertiary/aromatic N) is 1. The fraction of sp³-hybridized carbons (Fsp3) is 0.500. The topological polar surface area (TPSA) is 88.3 Å². The summed E-state index contributed by atoms with van der Waals surface area (Å²) in [4.78, 5) is 12.6. The van der Waals surface area contributed by atoms with Crippen molar-refractivity contribution in [3.63, 3.8) is 0 Å². The van der Waals surface area contributed by atoms with Gasteiger partial charge in [0.1, 0.15) is 11.5 Å². The molecule has 0 bridgehead atoms. The average Bonchev–Trinajstić information content (AvgIpc) is 3.36. The number of rotatable bonds is 6. The molecule has 0 unspecified atom stereocenters. The Labute approximate surface area is 171 Å². The second-order valence-corrected chi connectivity index (χ2v) is 7.14. The van der Waals surface area contributed by atoms with E-state index in [1.807, 2.05) is 18.2 Å². The van der Waals surface area contributed by atoms with E-state index in [-0.39, 0.29) is 24.4 Å². The number of H-pyrrole nitrogens is 1. The van der Waals surface area contributed by atoms with Gasteiger partial charge in [-0.15, -0.1) is 12.4 Å². The van der Waals surface area contributed by atoms with Crippen LogP contribution >= 0.6 is 12.4 Å². The number of halogens is 1. The van der Waals surface area contributed by atoms with Gasteiger partial charge in [-0.25, -0.2) is 0 Å². The molecule has 0 saturated heterocycles. The number of carbonyl (C=O) groups excluding carboxylic acids is 1. The van der Waals surface area contributed by atoms with Gasteiger partial charge < -0.3 is 20.1 Å². The highest BCUT2D eigenvalue weighted by Gasteiger charge is 2.22. The molecule has 1 amide bonds. The van der Waals surface area contributed by atoms with Crippen molar-refractivity contribution in [2.75, 3.05) is 13.7 Å². The Bertz CT molecular complexity index is 818. The summed E-state index contributed by atoms with van der Waals surface area (Å²) in [6, 6.07) is 5.74. The van der Waals surface area contributed by atoms with Crippen molar-refractivity contribution < 1.29 is 14.3 Å². The molecule has 1 saturated carbocycles. The number of nitrogens with one attached hydrogen (secondary N) is 3. The van der Waals surface area contributed by atoms with Crippen LogP contribution in [0, 0.1) is 0 Å². The maximum Gasteiger partial charge on any atom is 0.272 e. The number of fused-ring (bicyclic) bond motifs is 1. The van der Waals surface area contributed by atoms with Gasteiger partial charge in [0.15, 0.2) is 5.69 Å². The number of ether oxygens (including phenoxy) is 2. The van der Waals surface area contributed by atoms with Crippen molar-refractivity contribution in [2.45, 2.75) is 51.3 Å². The maximum atomic E-state index is 12.6. The summed E-state index contributed by atoms with van der Waals surface area (Å²) in [5, 5.41) is 13.5. The van der Waals surface area contributed by atoms with E-state index in [4.69, 9.17) is 9.47 Å². The number of aromatic amines is 1. The number of aromatic nitrogens is 2. The van der Waals surface area contributed by atoms with E-state index in [1.54, 1.807) is 7.11 Å². The van der Waals surface area contributed by atoms with E-state index in [2.05, 4.69) is 20.8 Å². The van der Waals surface area contributed by atoms with Crippen LogP contribution in [-0.4, -0.2) is 35.9 Å². The van der Waals surface area contributed by atoms with Crippen LogP contribution in [0.5, 0.6) is 11.5 Å². The largest absolute Gasteiger partial charge is 0.497 e. The van der Waals surface area contributed by atoms with Crippen molar-refractivity contribution >= 4 is 18.3 Å². The lowest BCUT2D eigenvalue weighted by molar-refractivity contribution is 0.0944. The molecule has 1 aliphatic carbocycles. The SMILES string of the molecule is COc1ccc(CNC(=O)c2n[nH]c3c2CNCC3)c(OC2CCCC2)c1.Cl. The Balaban J connectivity index is 0.00000225. The zero-order valence-corrected chi connectivity index (χ0v) is 16.9. The summed E-state index contributed by atoms with van der Waals surface area (Å²) in [5.74, 6) is 1.37. The van der Waals surface area contributed by atoms with Crippen LogP contribution in [0.3, 0.4) is 0 Å². The van der Waals surface area contributed by atoms with E-state index in [9.17, 15) is 4.79 Å². The highest BCUT2D eigenvalue weighted by atomic mass is 35.5.